The smallest absolute Gasteiger partial charge is 0.223 e. The van der Waals surface area contributed by atoms with Crippen LogP contribution < -0.4 is 10.2 Å². The summed E-state index contributed by atoms with van der Waals surface area (Å²) in [5, 5.41) is 14.6. The maximum Gasteiger partial charge on any atom is 0.223 e. The van der Waals surface area contributed by atoms with Gasteiger partial charge in [-0.2, -0.15) is 4.37 Å². The van der Waals surface area contributed by atoms with Crippen LogP contribution in [0.3, 0.4) is 0 Å². The van der Waals surface area contributed by atoms with Gasteiger partial charge in [-0.3, -0.25) is 9.69 Å². The van der Waals surface area contributed by atoms with Gasteiger partial charge < -0.3 is 15.3 Å². The first-order valence-corrected chi connectivity index (χ1v) is 11.0. The molecule has 1 aliphatic carbocycles. The van der Waals surface area contributed by atoms with Crippen molar-refractivity contribution in [3.8, 4) is 0 Å². The number of aromatic nitrogens is 2. The minimum atomic E-state index is -0.760. The molecule has 1 spiro atoms. The first kappa shape index (κ1) is 19.1. The largest absolute Gasteiger partial charge is 0.389 e. The summed E-state index contributed by atoms with van der Waals surface area (Å²) in [7, 11) is 2.17. The molecule has 1 saturated carbocycles. The molecular formula is C19H31N5O2S. The molecule has 1 aromatic rings. The Morgan fingerprint density at radius 3 is 2.81 bits per heavy atom. The van der Waals surface area contributed by atoms with Gasteiger partial charge in [0.05, 0.1) is 23.6 Å². The molecule has 2 saturated heterocycles. The van der Waals surface area contributed by atoms with Crippen LogP contribution in [0.4, 0.5) is 5.13 Å². The van der Waals surface area contributed by atoms with Crippen molar-refractivity contribution in [2.24, 2.45) is 0 Å². The molecule has 7 nitrogen and oxygen atoms in total. The van der Waals surface area contributed by atoms with Gasteiger partial charge >= 0.3 is 0 Å². The summed E-state index contributed by atoms with van der Waals surface area (Å²) in [6.07, 6.45) is 6.75. The minimum absolute atomic E-state index is 0.00168. The van der Waals surface area contributed by atoms with Gasteiger partial charge in [0.15, 0.2) is 0 Å². The zero-order valence-electron chi connectivity index (χ0n) is 16.4. The van der Waals surface area contributed by atoms with E-state index in [9.17, 15) is 9.90 Å². The van der Waals surface area contributed by atoms with Gasteiger partial charge in [-0.05, 0) is 45.6 Å². The number of hydrogen-bond acceptors (Lipinski definition) is 7. The lowest BCUT2D eigenvalue weighted by Crippen LogP contribution is -2.63. The van der Waals surface area contributed by atoms with Gasteiger partial charge in [0.25, 0.3) is 0 Å². The lowest BCUT2D eigenvalue weighted by Gasteiger charge is -2.48. The summed E-state index contributed by atoms with van der Waals surface area (Å²) in [4.78, 5) is 22.1. The summed E-state index contributed by atoms with van der Waals surface area (Å²) in [6.45, 7) is 4.93. The Morgan fingerprint density at radius 1 is 1.33 bits per heavy atom. The van der Waals surface area contributed by atoms with Crippen LogP contribution in [0, 0.1) is 0 Å². The third-order valence-electron chi connectivity index (χ3n) is 6.82. The number of likely N-dealkylation sites (tertiary alicyclic amines) is 1. The van der Waals surface area contributed by atoms with E-state index in [1.54, 1.807) is 0 Å². The number of likely N-dealkylation sites (N-methyl/N-ethyl adjacent to an activating group) is 1. The van der Waals surface area contributed by atoms with E-state index < -0.39 is 5.60 Å². The van der Waals surface area contributed by atoms with Crippen molar-refractivity contribution in [2.75, 3.05) is 31.6 Å². The van der Waals surface area contributed by atoms with Crippen LogP contribution >= 0.6 is 11.5 Å². The zero-order chi connectivity index (χ0) is 19.1. The maximum atomic E-state index is 12.6. The van der Waals surface area contributed by atoms with Crippen LogP contribution in [0.5, 0.6) is 0 Å². The molecule has 0 aromatic carbocycles. The van der Waals surface area contributed by atoms with Crippen LogP contribution in [0.15, 0.2) is 0 Å². The fourth-order valence-electron chi connectivity index (χ4n) is 4.93. The molecule has 0 radical (unpaired) electrons. The van der Waals surface area contributed by atoms with Crippen molar-refractivity contribution in [3.05, 3.63) is 5.82 Å². The summed E-state index contributed by atoms with van der Waals surface area (Å²) in [5.41, 5.74) is -0.822. The van der Waals surface area contributed by atoms with Crippen LogP contribution in [0.1, 0.15) is 57.7 Å². The summed E-state index contributed by atoms with van der Waals surface area (Å²) in [6, 6.07) is 0.125. The van der Waals surface area contributed by atoms with E-state index in [1.807, 2.05) is 0 Å². The van der Waals surface area contributed by atoms with E-state index >= 15 is 0 Å². The van der Waals surface area contributed by atoms with Crippen LogP contribution in [0.25, 0.3) is 0 Å². The van der Waals surface area contributed by atoms with Crippen LogP contribution in [-0.4, -0.2) is 69.1 Å². The molecule has 3 fully saturated rings. The number of amides is 1. The second-order valence-electron chi connectivity index (χ2n) is 8.56. The molecule has 27 heavy (non-hydrogen) atoms. The highest BCUT2D eigenvalue weighted by Crippen LogP contribution is 2.39. The number of rotatable bonds is 5. The number of piperidine rings is 1. The normalized spacial score (nSPS) is 30.5. The molecule has 0 bridgehead atoms. The number of nitrogens with one attached hydrogen (secondary N) is 1. The molecule has 3 heterocycles. The molecule has 2 unspecified atom stereocenters. The lowest BCUT2D eigenvalue weighted by molar-refractivity contribution is -0.131. The number of anilines is 1. The quantitative estimate of drug-likeness (QED) is 0.790. The van der Waals surface area contributed by atoms with Crippen LogP contribution in [-0.2, 0) is 11.2 Å². The highest BCUT2D eigenvalue weighted by Gasteiger charge is 2.50. The fraction of sp³-hybridized carbons (Fsp3) is 0.842. The first-order valence-electron chi connectivity index (χ1n) is 10.2. The molecule has 3 aliphatic rings. The van der Waals surface area contributed by atoms with Crippen molar-refractivity contribution in [3.63, 3.8) is 0 Å². The Bertz CT molecular complexity index is 691. The number of nitrogens with zero attached hydrogens (tertiary/aromatic N) is 4. The highest BCUT2D eigenvalue weighted by molar-refractivity contribution is 7.09. The van der Waals surface area contributed by atoms with Gasteiger partial charge in [0, 0.05) is 37.6 Å². The Labute approximate surface area is 165 Å². The summed E-state index contributed by atoms with van der Waals surface area (Å²) >= 11 is 1.48. The average Bonchev–Trinajstić information content (AvgIpc) is 3.22. The van der Waals surface area contributed by atoms with Gasteiger partial charge in [0.2, 0.25) is 11.0 Å². The van der Waals surface area contributed by atoms with Gasteiger partial charge in [0.1, 0.15) is 5.82 Å². The first-order chi connectivity index (χ1) is 12.9. The van der Waals surface area contributed by atoms with Crippen molar-refractivity contribution in [2.45, 2.75) is 75.5 Å². The lowest BCUT2D eigenvalue weighted by atomic mass is 9.77. The van der Waals surface area contributed by atoms with Gasteiger partial charge in [-0.15, -0.1) is 0 Å². The van der Waals surface area contributed by atoms with E-state index in [0.717, 1.165) is 75.5 Å². The molecule has 2 aliphatic heterocycles. The van der Waals surface area contributed by atoms with E-state index in [4.69, 9.17) is 0 Å². The third kappa shape index (κ3) is 3.59. The Kier molecular flexibility index (Phi) is 5.16. The van der Waals surface area contributed by atoms with Crippen molar-refractivity contribution >= 4 is 22.6 Å². The SMILES string of the molecule is CCc1nsc(N2CCCC3(C2)C(NC(=O)CC2(O)CCC2)CCN3C)n1. The molecule has 1 aromatic heterocycles. The topological polar surface area (TPSA) is 81.6 Å². The highest BCUT2D eigenvalue weighted by atomic mass is 32.1. The molecular weight excluding hydrogens is 362 g/mol. The average molecular weight is 394 g/mol. The Morgan fingerprint density at radius 2 is 2.15 bits per heavy atom. The van der Waals surface area contributed by atoms with Gasteiger partial charge in [-0.1, -0.05) is 6.92 Å². The Hall–Kier alpha value is -1.25. The van der Waals surface area contributed by atoms with Crippen LogP contribution in [0.2, 0.25) is 0 Å². The fourth-order valence-corrected chi connectivity index (χ4v) is 5.71. The zero-order valence-corrected chi connectivity index (χ0v) is 17.2. The molecule has 8 heteroatoms. The molecule has 2 atom stereocenters. The second kappa shape index (κ2) is 7.29. The predicted octanol–water partition coefficient (Wildman–Crippen LogP) is 1.56. The number of carbonyl (C=O) groups is 1. The van der Waals surface area contributed by atoms with E-state index in [0.29, 0.717) is 0 Å². The Balaban J connectivity index is 1.47. The molecule has 150 valence electrons. The summed E-state index contributed by atoms with van der Waals surface area (Å²) in [5.74, 6) is 0.908. The number of carbonyl (C=O) groups excluding carboxylic acids is 1. The van der Waals surface area contributed by atoms with Crippen molar-refractivity contribution < 1.29 is 9.90 Å². The molecule has 1 amide bonds. The summed E-state index contributed by atoms with van der Waals surface area (Å²) < 4.78 is 4.45. The molecule has 2 N–H and O–H groups in total. The third-order valence-corrected chi connectivity index (χ3v) is 7.63. The maximum absolute atomic E-state index is 12.6. The number of aryl methyl sites for hydroxylation is 1. The standard InChI is InChI=1S/C19H31N5O2S/c1-3-15-21-17(27-22-15)24-10-5-9-19(13-24)14(6-11-23(19)2)20-16(25)12-18(26)7-4-8-18/h14,26H,3-13H2,1-2H3,(H,20,25). The van der Waals surface area contributed by atoms with E-state index in [2.05, 4.69) is 38.4 Å². The van der Waals surface area contributed by atoms with E-state index in [1.165, 1.54) is 11.5 Å². The number of hydrogen-bond donors (Lipinski definition) is 2. The minimum Gasteiger partial charge on any atom is -0.389 e. The second-order valence-corrected chi connectivity index (χ2v) is 9.29. The van der Waals surface area contributed by atoms with Gasteiger partial charge in [-0.25, -0.2) is 4.98 Å². The molecule has 4 rings (SSSR count). The monoisotopic (exact) mass is 393 g/mol. The van der Waals surface area contributed by atoms with Crippen molar-refractivity contribution in [1.29, 1.82) is 0 Å². The van der Waals surface area contributed by atoms with Crippen molar-refractivity contribution in [1.82, 2.24) is 19.6 Å². The number of aliphatic hydroxyl groups is 1. The van der Waals surface area contributed by atoms with E-state index in [-0.39, 0.29) is 23.9 Å². The predicted molar refractivity (Wildman–Crippen MR) is 106 cm³/mol.